The number of piperidine rings is 1. The summed E-state index contributed by atoms with van der Waals surface area (Å²) in [6, 6.07) is 1.55. The van der Waals surface area contributed by atoms with Crippen molar-refractivity contribution in [3.63, 3.8) is 0 Å². The van der Waals surface area contributed by atoms with Gasteiger partial charge in [-0.05, 0) is 64.8 Å². The van der Waals surface area contributed by atoms with E-state index in [1.54, 1.807) is 0 Å². The molecule has 106 valence electrons. The molecule has 18 heavy (non-hydrogen) atoms. The van der Waals surface area contributed by atoms with Crippen LogP contribution in [0.25, 0.3) is 0 Å². The summed E-state index contributed by atoms with van der Waals surface area (Å²) in [5.41, 5.74) is 0. The minimum atomic E-state index is 0.740. The monoisotopic (exact) mass is 253 g/mol. The molecule has 0 amide bonds. The molecule has 1 aliphatic carbocycles. The molecule has 1 aliphatic heterocycles. The van der Waals surface area contributed by atoms with Crippen LogP contribution in [0.15, 0.2) is 0 Å². The maximum absolute atomic E-state index is 3.68. The van der Waals surface area contributed by atoms with E-state index >= 15 is 0 Å². The van der Waals surface area contributed by atoms with Gasteiger partial charge in [0, 0.05) is 18.6 Å². The van der Waals surface area contributed by atoms with Crippen molar-refractivity contribution in [3.8, 4) is 0 Å². The number of nitrogens with one attached hydrogen (secondary N) is 1. The average molecular weight is 253 g/mol. The molecule has 3 heteroatoms. The van der Waals surface area contributed by atoms with Gasteiger partial charge >= 0.3 is 0 Å². The van der Waals surface area contributed by atoms with Crippen LogP contribution in [0.1, 0.15) is 39.5 Å². The lowest BCUT2D eigenvalue weighted by molar-refractivity contribution is 0.121. The van der Waals surface area contributed by atoms with Crippen molar-refractivity contribution in [2.75, 3.05) is 39.8 Å². The predicted molar refractivity (Wildman–Crippen MR) is 78.0 cm³/mol. The zero-order valence-electron chi connectivity index (χ0n) is 12.5. The van der Waals surface area contributed by atoms with E-state index in [9.17, 15) is 0 Å². The van der Waals surface area contributed by atoms with Gasteiger partial charge in [-0.15, -0.1) is 0 Å². The lowest BCUT2D eigenvalue weighted by atomic mass is 10.0. The molecule has 1 unspecified atom stereocenters. The number of hydrogen-bond acceptors (Lipinski definition) is 3. The summed E-state index contributed by atoms with van der Waals surface area (Å²) in [6.07, 6.45) is 5.60. The second-order valence-corrected chi connectivity index (χ2v) is 6.11. The normalized spacial score (nSPS) is 24.7. The van der Waals surface area contributed by atoms with Crippen LogP contribution in [0.4, 0.5) is 0 Å². The van der Waals surface area contributed by atoms with Gasteiger partial charge in [0.15, 0.2) is 0 Å². The van der Waals surface area contributed by atoms with Crippen molar-refractivity contribution in [3.05, 3.63) is 0 Å². The van der Waals surface area contributed by atoms with Gasteiger partial charge in [-0.2, -0.15) is 0 Å². The van der Waals surface area contributed by atoms with Gasteiger partial charge in [0.1, 0.15) is 0 Å². The predicted octanol–water partition coefficient (Wildman–Crippen LogP) is 1.79. The van der Waals surface area contributed by atoms with E-state index in [0.717, 1.165) is 24.5 Å². The van der Waals surface area contributed by atoms with Gasteiger partial charge in [0.2, 0.25) is 0 Å². The molecule has 2 aliphatic rings. The maximum Gasteiger partial charge on any atom is 0.0223 e. The van der Waals surface area contributed by atoms with Crippen LogP contribution in [-0.2, 0) is 0 Å². The van der Waals surface area contributed by atoms with E-state index in [0.29, 0.717) is 0 Å². The Kier molecular flexibility index (Phi) is 5.46. The number of hydrogen-bond donors (Lipinski definition) is 1. The van der Waals surface area contributed by atoms with Gasteiger partial charge in [-0.1, -0.05) is 13.8 Å². The van der Waals surface area contributed by atoms with Crippen LogP contribution in [-0.4, -0.2) is 61.7 Å². The molecule has 0 aromatic heterocycles. The molecule has 1 saturated carbocycles. The summed E-state index contributed by atoms with van der Waals surface area (Å²) in [5, 5.41) is 3.68. The highest BCUT2D eigenvalue weighted by Gasteiger charge is 2.32. The third-order valence-corrected chi connectivity index (χ3v) is 4.77. The minimum absolute atomic E-state index is 0.740. The van der Waals surface area contributed by atoms with Gasteiger partial charge in [0.25, 0.3) is 0 Å². The Labute approximate surface area is 113 Å². The quantitative estimate of drug-likeness (QED) is 0.746. The molecule has 0 radical (unpaired) electrons. The van der Waals surface area contributed by atoms with Crippen molar-refractivity contribution < 1.29 is 0 Å². The first-order valence-corrected chi connectivity index (χ1v) is 7.90. The fraction of sp³-hybridized carbons (Fsp3) is 1.00. The van der Waals surface area contributed by atoms with Crippen LogP contribution in [0, 0.1) is 5.92 Å². The summed E-state index contributed by atoms with van der Waals surface area (Å²) in [7, 11) is 2.33. The summed E-state index contributed by atoms with van der Waals surface area (Å²) >= 11 is 0. The van der Waals surface area contributed by atoms with Crippen molar-refractivity contribution >= 4 is 0 Å². The Morgan fingerprint density at radius 1 is 1.17 bits per heavy atom. The van der Waals surface area contributed by atoms with E-state index in [1.807, 2.05) is 0 Å². The number of likely N-dealkylation sites (tertiary alicyclic amines) is 1. The topological polar surface area (TPSA) is 18.5 Å². The molecule has 0 bridgehead atoms. The van der Waals surface area contributed by atoms with Crippen LogP contribution in [0.5, 0.6) is 0 Å². The summed E-state index contributed by atoms with van der Waals surface area (Å²) in [4.78, 5) is 5.20. The highest BCUT2D eigenvalue weighted by molar-refractivity contribution is 4.89. The first-order valence-electron chi connectivity index (χ1n) is 7.90. The molecule has 2 fully saturated rings. The zero-order chi connectivity index (χ0) is 13.0. The first kappa shape index (κ1) is 14.3. The Morgan fingerprint density at radius 3 is 2.33 bits per heavy atom. The second-order valence-electron chi connectivity index (χ2n) is 6.11. The Morgan fingerprint density at radius 2 is 1.83 bits per heavy atom. The molecule has 2 rings (SSSR count). The maximum atomic E-state index is 3.68. The van der Waals surface area contributed by atoms with Crippen molar-refractivity contribution in [2.24, 2.45) is 5.92 Å². The largest absolute Gasteiger partial charge is 0.313 e. The molecule has 3 nitrogen and oxygen atoms in total. The number of rotatable bonds is 7. The molecule has 1 N–H and O–H groups in total. The molecule has 0 spiro atoms. The minimum Gasteiger partial charge on any atom is -0.313 e. The van der Waals surface area contributed by atoms with Crippen LogP contribution in [0.2, 0.25) is 0 Å². The van der Waals surface area contributed by atoms with Crippen LogP contribution in [0.3, 0.4) is 0 Å². The SMILES string of the molecule is CCNC(CN(C)C1CCN(CC)CC1)C1CC1. The zero-order valence-corrected chi connectivity index (χ0v) is 12.5. The average Bonchev–Trinajstić information content (AvgIpc) is 3.22. The Hall–Kier alpha value is -0.120. The summed E-state index contributed by atoms with van der Waals surface area (Å²) in [5.74, 6) is 0.961. The highest BCUT2D eigenvalue weighted by Crippen LogP contribution is 2.33. The van der Waals surface area contributed by atoms with E-state index in [4.69, 9.17) is 0 Å². The fourth-order valence-corrected chi connectivity index (χ4v) is 3.28. The molecular weight excluding hydrogens is 222 g/mol. The van der Waals surface area contributed by atoms with Gasteiger partial charge in [0.05, 0.1) is 0 Å². The van der Waals surface area contributed by atoms with E-state index in [2.05, 4.69) is 36.0 Å². The third-order valence-electron chi connectivity index (χ3n) is 4.77. The van der Waals surface area contributed by atoms with Gasteiger partial charge in [-0.25, -0.2) is 0 Å². The van der Waals surface area contributed by atoms with Gasteiger partial charge < -0.3 is 15.1 Å². The lowest BCUT2D eigenvalue weighted by Crippen LogP contribution is -2.48. The molecule has 1 atom stereocenters. The molecule has 1 heterocycles. The summed E-state index contributed by atoms with van der Waals surface area (Å²) < 4.78 is 0. The molecular formula is C15H31N3. The standard InChI is InChI=1S/C15H31N3/c1-4-16-15(13-6-7-13)12-17(3)14-8-10-18(5-2)11-9-14/h13-16H,4-12H2,1-3H3. The van der Waals surface area contributed by atoms with Crippen molar-refractivity contribution in [1.29, 1.82) is 0 Å². The fourth-order valence-electron chi connectivity index (χ4n) is 3.28. The molecule has 0 aromatic rings. The van der Waals surface area contributed by atoms with E-state index in [-0.39, 0.29) is 0 Å². The summed E-state index contributed by atoms with van der Waals surface area (Å²) in [6.45, 7) is 10.7. The van der Waals surface area contributed by atoms with Crippen LogP contribution < -0.4 is 5.32 Å². The second kappa shape index (κ2) is 6.88. The van der Waals surface area contributed by atoms with E-state index in [1.165, 1.54) is 51.9 Å². The van der Waals surface area contributed by atoms with Gasteiger partial charge in [-0.3, -0.25) is 0 Å². The van der Waals surface area contributed by atoms with E-state index < -0.39 is 0 Å². The Balaban J connectivity index is 1.74. The first-order chi connectivity index (χ1) is 8.74. The van der Waals surface area contributed by atoms with Crippen molar-refractivity contribution in [1.82, 2.24) is 15.1 Å². The number of likely N-dealkylation sites (N-methyl/N-ethyl adjacent to an activating group) is 2. The van der Waals surface area contributed by atoms with Crippen molar-refractivity contribution in [2.45, 2.75) is 51.6 Å². The number of nitrogens with zero attached hydrogens (tertiary/aromatic N) is 2. The molecule has 1 saturated heterocycles. The molecule has 0 aromatic carbocycles. The highest BCUT2D eigenvalue weighted by atomic mass is 15.2. The van der Waals surface area contributed by atoms with Crippen LogP contribution >= 0.6 is 0 Å². The smallest absolute Gasteiger partial charge is 0.0223 e. The Bertz CT molecular complexity index is 232. The third kappa shape index (κ3) is 3.94. The lowest BCUT2D eigenvalue weighted by Gasteiger charge is -2.38.